The van der Waals surface area contributed by atoms with Crippen molar-refractivity contribution in [3.63, 3.8) is 0 Å². The van der Waals surface area contributed by atoms with Crippen LogP contribution in [0.1, 0.15) is 36.5 Å². The Labute approximate surface area is 182 Å². The number of sulfonamides is 1. The number of nitrogens with one attached hydrogen (secondary N) is 1. The number of carbonyl (C=O) groups is 1. The molecule has 8 heteroatoms. The largest absolute Gasteiger partial charge is 0.492 e. The number of anilines is 1. The molecule has 0 atom stereocenters. The second-order valence-electron chi connectivity index (χ2n) is 7.39. The molecule has 1 amide bonds. The summed E-state index contributed by atoms with van der Waals surface area (Å²) in [6.45, 7) is 3.25. The van der Waals surface area contributed by atoms with E-state index in [9.17, 15) is 13.2 Å². The van der Waals surface area contributed by atoms with Crippen molar-refractivity contribution in [3.05, 3.63) is 60.3 Å². The molecule has 1 saturated heterocycles. The van der Waals surface area contributed by atoms with Crippen molar-refractivity contribution >= 4 is 32.5 Å². The third-order valence-corrected chi connectivity index (χ3v) is 7.24. The maximum Gasteiger partial charge on any atom is 0.256 e. The minimum atomic E-state index is -3.63. The van der Waals surface area contributed by atoms with Gasteiger partial charge in [0.05, 0.1) is 22.7 Å². The average molecular weight is 440 g/mol. The molecule has 162 valence electrons. The van der Waals surface area contributed by atoms with Crippen molar-refractivity contribution in [2.45, 2.75) is 31.1 Å². The lowest BCUT2D eigenvalue weighted by molar-refractivity contribution is 0.102. The Kier molecular flexibility index (Phi) is 6.20. The number of nitrogens with zero attached hydrogens (tertiary/aromatic N) is 2. The van der Waals surface area contributed by atoms with Crippen LogP contribution in [0.25, 0.3) is 10.9 Å². The van der Waals surface area contributed by atoms with Gasteiger partial charge in [-0.3, -0.25) is 9.78 Å². The number of pyridine rings is 1. The summed E-state index contributed by atoms with van der Waals surface area (Å²) < 4.78 is 33.4. The van der Waals surface area contributed by atoms with E-state index in [-0.39, 0.29) is 10.8 Å². The van der Waals surface area contributed by atoms with Gasteiger partial charge >= 0.3 is 0 Å². The third kappa shape index (κ3) is 4.40. The summed E-state index contributed by atoms with van der Waals surface area (Å²) in [6, 6.07) is 13.5. The molecule has 2 heterocycles. The fourth-order valence-corrected chi connectivity index (χ4v) is 5.34. The Morgan fingerprint density at radius 3 is 2.68 bits per heavy atom. The summed E-state index contributed by atoms with van der Waals surface area (Å²) in [5.74, 6) is 0.0684. The summed E-state index contributed by atoms with van der Waals surface area (Å²) in [5.41, 5.74) is 1.49. The van der Waals surface area contributed by atoms with Crippen LogP contribution in [0.4, 0.5) is 5.69 Å². The van der Waals surface area contributed by atoms with E-state index in [4.69, 9.17) is 4.74 Å². The van der Waals surface area contributed by atoms with E-state index in [1.165, 1.54) is 16.4 Å². The van der Waals surface area contributed by atoms with Crippen LogP contribution < -0.4 is 10.1 Å². The van der Waals surface area contributed by atoms with Crippen molar-refractivity contribution in [2.24, 2.45) is 0 Å². The molecule has 0 spiro atoms. The Morgan fingerprint density at radius 2 is 1.90 bits per heavy atom. The Bertz CT molecular complexity index is 1200. The minimum Gasteiger partial charge on any atom is -0.492 e. The first-order chi connectivity index (χ1) is 15.0. The smallest absolute Gasteiger partial charge is 0.256 e. The van der Waals surface area contributed by atoms with E-state index < -0.39 is 10.0 Å². The van der Waals surface area contributed by atoms with Gasteiger partial charge in [0, 0.05) is 30.2 Å². The number of aromatic nitrogens is 1. The van der Waals surface area contributed by atoms with Gasteiger partial charge in [-0.15, -0.1) is 0 Å². The molecule has 0 unspecified atom stereocenters. The fraction of sp³-hybridized carbons (Fsp3) is 0.304. The van der Waals surface area contributed by atoms with Gasteiger partial charge in [0.25, 0.3) is 5.91 Å². The van der Waals surface area contributed by atoms with E-state index in [0.717, 1.165) is 24.6 Å². The number of carbonyl (C=O) groups excluding carboxylic acids is 1. The summed E-state index contributed by atoms with van der Waals surface area (Å²) in [4.78, 5) is 17.5. The van der Waals surface area contributed by atoms with E-state index in [1.807, 2.05) is 19.1 Å². The topological polar surface area (TPSA) is 88.6 Å². The van der Waals surface area contributed by atoms with Gasteiger partial charge in [0.2, 0.25) is 10.0 Å². The first-order valence-corrected chi connectivity index (χ1v) is 11.9. The average Bonchev–Trinajstić information content (AvgIpc) is 2.80. The summed E-state index contributed by atoms with van der Waals surface area (Å²) in [7, 11) is -3.63. The molecule has 1 aliphatic heterocycles. The van der Waals surface area contributed by atoms with E-state index in [1.54, 1.807) is 30.5 Å². The Morgan fingerprint density at radius 1 is 1.10 bits per heavy atom. The number of piperidine rings is 1. The zero-order valence-electron chi connectivity index (χ0n) is 17.4. The van der Waals surface area contributed by atoms with Crippen LogP contribution in [-0.2, 0) is 10.0 Å². The van der Waals surface area contributed by atoms with Crippen molar-refractivity contribution in [2.75, 3.05) is 25.0 Å². The second-order valence-corrected chi connectivity index (χ2v) is 9.32. The molecule has 4 rings (SSSR count). The van der Waals surface area contributed by atoms with Gasteiger partial charge in [-0.25, -0.2) is 8.42 Å². The van der Waals surface area contributed by atoms with E-state index in [0.29, 0.717) is 42.2 Å². The molecule has 0 radical (unpaired) electrons. The second kappa shape index (κ2) is 9.03. The molecular formula is C23H25N3O4S. The van der Waals surface area contributed by atoms with Crippen LogP contribution in [0.3, 0.4) is 0 Å². The molecule has 1 fully saturated rings. The van der Waals surface area contributed by atoms with Crippen molar-refractivity contribution in [1.82, 2.24) is 9.29 Å². The fourth-order valence-electron chi connectivity index (χ4n) is 3.79. The SMILES string of the molecule is CCOc1ccc(S(=O)(=O)N2CCCCC2)cc1NC(=O)c1cccc2ncccc12. The lowest BCUT2D eigenvalue weighted by atomic mass is 10.1. The number of rotatable bonds is 6. The normalized spacial score (nSPS) is 15.0. The number of fused-ring (bicyclic) bond motifs is 1. The highest BCUT2D eigenvalue weighted by Gasteiger charge is 2.27. The maximum atomic E-state index is 13.1. The van der Waals surface area contributed by atoms with Crippen LogP contribution in [0.2, 0.25) is 0 Å². The first kappa shape index (κ1) is 21.3. The van der Waals surface area contributed by atoms with Crippen LogP contribution in [-0.4, -0.2) is 43.3 Å². The molecule has 1 aromatic heterocycles. The van der Waals surface area contributed by atoms with Crippen LogP contribution in [0.5, 0.6) is 5.75 Å². The van der Waals surface area contributed by atoms with Gasteiger partial charge < -0.3 is 10.1 Å². The van der Waals surface area contributed by atoms with Crippen molar-refractivity contribution < 1.29 is 17.9 Å². The molecule has 3 aromatic rings. The van der Waals surface area contributed by atoms with E-state index in [2.05, 4.69) is 10.3 Å². The minimum absolute atomic E-state index is 0.146. The predicted octanol–water partition coefficient (Wildman–Crippen LogP) is 4.06. The van der Waals surface area contributed by atoms with Crippen LogP contribution in [0.15, 0.2) is 59.6 Å². The van der Waals surface area contributed by atoms with Gasteiger partial charge in [-0.2, -0.15) is 4.31 Å². The third-order valence-electron chi connectivity index (χ3n) is 5.34. The van der Waals surface area contributed by atoms with Gasteiger partial charge in [0.1, 0.15) is 5.75 Å². The van der Waals surface area contributed by atoms with Gasteiger partial charge in [-0.05, 0) is 56.2 Å². The summed E-state index contributed by atoms with van der Waals surface area (Å²) in [5, 5.41) is 3.56. The zero-order chi connectivity index (χ0) is 21.8. The van der Waals surface area contributed by atoms with Crippen LogP contribution >= 0.6 is 0 Å². The highest BCUT2D eigenvalue weighted by molar-refractivity contribution is 7.89. The molecule has 0 bridgehead atoms. The molecule has 31 heavy (non-hydrogen) atoms. The molecule has 1 N–H and O–H groups in total. The Balaban J connectivity index is 1.69. The zero-order valence-corrected chi connectivity index (χ0v) is 18.2. The quantitative estimate of drug-likeness (QED) is 0.626. The first-order valence-electron chi connectivity index (χ1n) is 10.4. The van der Waals surface area contributed by atoms with Gasteiger partial charge in [0.15, 0.2) is 0 Å². The standard InChI is InChI=1S/C23H25N3O4S/c1-2-30-22-12-11-17(31(28,29)26-14-4-3-5-15-26)16-21(22)25-23(27)19-8-6-10-20-18(19)9-7-13-24-20/h6-13,16H,2-5,14-15H2,1H3,(H,25,27). The Hall–Kier alpha value is -2.97. The maximum absolute atomic E-state index is 13.1. The lowest BCUT2D eigenvalue weighted by Crippen LogP contribution is -2.35. The molecule has 2 aromatic carbocycles. The molecule has 0 saturated carbocycles. The molecule has 0 aliphatic carbocycles. The van der Waals surface area contributed by atoms with Gasteiger partial charge in [-0.1, -0.05) is 18.6 Å². The van der Waals surface area contributed by atoms with Crippen molar-refractivity contribution in [1.29, 1.82) is 0 Å². The number of hydrogen-bond donors (Lipinski definition) is 1. The number of hydrogen-bond acceptors (Lipinski definition) is 5. The lowest BCUT2D eigenvalue weighted by Gasteiger charge is -2.26. The molecule has 1 aliphatic rings. The molecular weight excluding hydrogens is 414 g/mol. The number of amides is 1. The predicted molar refractivity (Wildman–Crippen MR) is 120 cm³/mol. The molecule has 7 nitrogen and oxygen atoms in total. The highest BCUT2D eigenvalue weighted by atomic mass is 32.2. The summed E-state index contributed by atoms with van der Waals surface area (Å²) in [6.07, 6.45) is 4.42. The number of benzene rings is 2. The highest BCUT2D eigenvalue weighted by Crippen LogP contribution is 2.31. The number of ether oxygens (including phenoxy) is 1. The monoisotopic (exact) mass is 439 g/mol. The van der Waals surface area contributed by atoms with E-state index >= 15 is 0 Å². The van der Waals surface area contributed by atoms with Crippen molar-refractivity contribution in [3.8, 4) is 5.75 Å². The van der Waals surface area contributed by atoms with Crippen LogP contribution in [0, 0.1) is 0 Å². The summed E-state index contributed by atoms with van der Waals surface area (Å²) >= 11 is 0.